The number of rotatable bonds is 1. The third-order valence-electron chi connectivity index (χ3n) is 1.83. The first-order valence-electron chi connectivity index (χ1n) is 8.66. The van der Waals surface area contributed by atoms with E-state index in [2.05, 4.69) is 0 Å². The van der Waals surface area contributed by atoms with Crippen LogP contribution >= 0.6 is 0 Å². The summed E-state index contributed by atoms with van der Waals surface area (Å²) in [4.78, 5) is 0. The summed E-state index contributed by atoms with van der Waals surface area (Å²) in [5.74, 6) is -1.20. The van der Waals surface area contributed by atoms with Crippen LogP contribution in [0.4, 0.5) is 4.39 Å². The van der Waals surface area contributed by atoms with E-state index < -0.39 is 54.6 Å². The van der Waals surface area contributed by atoms with E-state index in [4.69, 9.17) is 12.3 Å². The zero-order valence-corrected chi connectivity index (χ0v) is 7.90. The molecule has 1 aromatic heterocycles. The van der Waals surface area contributed by atoms with Crippen LogP contribution in [0.2, 0.25) is 0 Å². The first kappa shape index (κ1) is 3.71. The lowest BCUT2D eigenvalue weighted by Gasteiger charge is -2.00. The summed E-state index contributed by atoms with van der Waals surface area (Å²) < 4.78 is 83.5. The van der Waals surface area contributed by atoms with Crippen LogP contribution in [0.15, 0.2) is 42.5 Å². The van der Waals surface area contributed by atoms with Crippen molar-refractivity contribution in [2.24, 2.45) is 7.05 Å². The third-order valence-corrected chi connectivity index (χ3v) is 1.83. The quantitative estimate of drug-likeness (QED) is 0.638. The molecule has 2 aromatic rings. The molecule has 0 amide bonds. The fourth-order valence-corrected chi connectivity index (χ4v) is 1.15. The fourth-order valence-electron chi connectivity index (χ4n) is 1.15. The van der Waals surface area contributed by atoms with Crippen LogP contribution in [0.3, 0.4) is 0 Å². The van der Waals surface area contributed by atoms with Crippen molar-refractivity contribution in [3.05, 3.63) is 53.8 Å². The maximum Gasteiger partial charge on any atom is 0.212 e. The van der Waals surface area contributed by atoms with E-state index in [1.54, 1.807) is 0 Å². The smallest absolute Gasteiger partial charge is 0.200 e. The summed E-state index contributed by atoms with van der Waals surface area (Å²) in [5.41, 5.74) is -0.965. The maximum atomic E-state index is 13.7. The van der Waals surface area contributed by atoms with Crippen LogP contribution in [0, 0.1) is 12.7 Å². The zero-order chi connectivity index (χ0) is 18.6. The standard InChI is InChI=1S/C13H13FN/c1-10-3-5-11(6-4-10)13-8-7-12(14)9-15(13)2/h3-9H,1-2H3/q+1/i1D3,3D,4D,5D,7D,8D,9D. The molecule has 0 aliphatic heterocycles. The van der Waals surface area contributed by atoms with Gasteiger partial charge in [-0.15, -0.1) is 0 Å². The highest BCUT2D eigenvalue weighted by atomic mass is 19.1. The second kappa shape index (κ2) is 3.81. The Morgan fingerprint density at radius 2 is 2.13 bits per heavy atom. The molecule has 0 saturated heterocycles. The van der Waals surface area contributed by atoms with Gasteiger partial charge in [-0.25, -0.2) is 4.39 Å². The molecule has 0 N–H and O–H groups in total. The molecule has 0 aliphatic rings. The average Bonchev–Trinajstić information content (AvgIpc) is 2.47. The molecule has 0 bridgehead atoms. The van der Waals surface area contributed by atoms with Crippen molar-refractivity contribution in [2.75, 3.05) is 0 Å². The van der Waals surface area contributed by atoms with Crippen LogP contribution in [0.1, 0.15) is 17.9 Å². The number of hydrogen-bond acceptors (Lipinski definition) is 0. The molecular weight excluding hydrogens is 189 g/mol. The predicted molar refractivity (Wildman–Crippen MR) is 57.7 cm³/mol. The lowest BCUT2D eigenvalue weighted by molar-refractivity contribution is -0.661. The van der Waals surface area contributed by atoms with Crippen molar-refractivity contribution in [1.29, 1.82) is 0 Å². The van der Waals surface area contributed by atoms with Crippen molar-refractivity contribution in [2.45, 2.75) is 6.85 Å². The van der Waals surface area contributed by atoms with Crippen LogP contribution < -0.4 is 4.57 Å². The highest BCUT2D eigenvalue weighted by Crippen LogP contribution is 2.15. The Hall–Kier alpha value is -1.70. The molecule has 1 heterocycles. The van der Waals surface area contributed by atoms with E-state index in [1.165, 1.54) is 7.05 Å². The number of aromatic nitrogens is 1. The van der Waals surface area contributed by atoms with E-state index in [-0.39, 0.29) is 11.3 Å². The summed E-state index contributed by atoms with van der Waals surface area (Å²) in [5, 5.41) is 0. The summed E-state index contributed by atoms with van der Waals surface area (Å²) in [6.07, 6.45) is -0.691. The lowest BCUT2D eigenvalue weighted by Crippen LogP contribution is -2.30. The number of halogens is 1. The van der Waals surface area contributed by atoms with Crippen LogP contribution in [-0.4, -0.2) is 0 Å². The minimum Gasteiger partial charge on any atom is -0.200 e. The molecule has 2 rings (SSSR count). The van der Waals surface area contributed by atoms with E-state index >= 15 is 0 Å². The largest absolute Gasteiger partial charge is 0.212 e. The van der Waals surface area contributed by atoms with Crippen molar-refractivity contribution in [3.8, 4) is 11.3 Å². The van der Waals surface area contributed by atoms with E-state index in [9.17, 15) is 4.39 Å². The highest BCUT2D eigenvalue weighted by Gasteiger charge is 2.09. The minimum atomic E-state index is -2.75. The Labute approximate surface area is 101 Å². The molecule has 0 aliphatic carbocycles. The number of hydrogen-bond donors (Lipinski definition) is 0. The molecular formula is C13H13FN+. The molecule has 0 spiro atoms. The van der Waals surface area contributed by atoms with Gasteiger partial charge in [0, 0.05) is 15.7 Å². The summed E-state index contributed by atoms with van der Waals surface area (Å²) in [6, 6.07) is -2.24. The molecule has 0 atom stereocenters. The highest BCUT2D eigenvalue weighted by molar-refractivity contribution is 5.56. The first-order valence-corrected chi connectivity index (χ1v) is 4.16. The Kier molecular flexibility index (Phi) is 0.942. The maximum absolute atomic E-state index is 13.7. The Morgan fingerprint density at radius 3 is 2.93 bits per heavy atom. The summed E-state index contributed by atoms with van der Waals surface area (Å²) in [6.45, 7) is -2.75. The fraction of sp³-hybridized carbons (Fsp3) is 0.154. The normalized spacial score (nSPS) is 19.7. The minimum absolute atomic E-state index is 0.174. The molecule has 0 unspecified atom stereocenters. The van der Waals surface area contributed by atoms with E-state index in [0.29, 0.717) is 0 Å². The lowest BCUT2D eigenvalue weighted by atomic mass is 10.1. The third kappa shape index (κ3) is 2.04. The van der Waals surface area contributed by atoms with Gasteiger partial charge in [-0.3, -0.25) is 0 Å². The Morgan fingerprint density at radius 1 is 1.27 bits per heavy atom. The summed E-state index contributed by atoms with van der Waals surface area (Å²) in [7, 11) is 1.25. The second-order valence-electron chi connectivity index (χ2n) is 2.91. The van der Waals surface area contributed by atoms with Gasteiger partial charge in [-0.1, -0.05) is 17.6 Å². The molecule has 1 nitrogen and oxygen atoms in total. The van der Waals surface area contributed by atoms with E-state index in [1.807, 2.05) is 0 Å². The average molecular weight is 211 g/mol. The molecule has 0 saturated carbocycles. The van der Waals surface area contributed by atoms with Gasteiger partial charge < -0.3 is 0 Å². The predicted octanol–water partition coefficient (Wildman–Crippen LogP) is 2.63. The monoisotopic (exact) mass is 211 g/mol. The zero-order valence-electron chi connectivity index (χ0n) is 16.9. The van der Waals surface area contributed by atoms with E-state index in [0.717, 1.165) is 10.6 Å². The van der Waals surface area contributed by atoms with Crippen molar-refractivity contribution >= 4 is 0 Å². The topological polar surface area (TPSA) is 3.88 Å². The number of benzene rings is 1. The van der Waals surface area contributed by atoms with Crippen molar-refractivity contribution in [1.82, 2.24) is 0 Å². The van der Waals surface area contributed by atoms with Gasteiger partial charge in [0.2, 0.25) is 11.9 Å². The van der Waals surface area contributed by atoms with Gasteiger partial charge in [0.25, 0.3) is 0 Å². The first-order chi connectivity index (χ1) is 10.9. The Bertz CT molecular complexity index is 816. The number of pyridine rings is 1. The number of nitrogens with zero attached hydrogens (tertiary/aromatic N) is 1. The molecule has 1 aromatic carbocycles. The molecule has 15 heavy (non-hydrogen) atoms. The van der Waals surface area contributed by atoms with Gasteiger partial charge in [0.15, 0.2) is 5.82 Å². The SMILES string of the molecule is [2H]c1cc(-c2c([2H])c([2H])c(F)c([2H])[n+]2C)c([2H])c([2H])c1C([2H])([2H])[2H]. The van der Waals surface area contributed by atoms with Gasteiger partial charge in [0.1, 0.15) is 8.42 Å². The molecule has 0 radical (unpaired) electrons. The van der Waals surface area contributed by atoms with Gasteiger partial charge >= 0.3 is 0 Å². The molecule has 0 fully saturated rings. The van der Waals surface area contributed by atoms with Gasteiger partial charge in [-0.2, -0.15) is 4.57 Å². The van der Waals surface area contributed by atoms with Crippen LogP contribution in [0.5, 0.6) is 0 Å². The van der Waals surface area contributed by atoms with Crippen LogP contribution in [0.25, 0.3) is 11.3 Å². The van der Waals surface area contributed by atoms with Gasteiger partial charge in [0.05, 0.1) is 6.85 Å². The van der Waals surface area contributed by atoms with Gasteiger partial charge in [-0.05, 0) is 25.0 Å². The second-order valence-corrected chi connectivity index (χ2v) is 2.91. The Balaban J connectivity index is 2.91. The van der Waals surface area contributed by atoms with Crippen LogP contribution in [-0.2, 0) is 7.05 Å². The van der Waals surface area contributed by atoms with Crippen molar-refractivity contribution in [3.63, 3.8) is 0 Å². The molecule has 76 valence electrons. The summed E-state index contributed by atoms with van der Waals surface area (Å²) >= 11 is 0. The van der Waals surface area contributed by atoms with Crippen molar-refractivity contribution < 1.29 is 21.3 Å². The molecule has 2 heteroatoms.